The molecular formula is C38H38FN5O10. The summed E-state index contributed by atoms with van der Waals surface area (Å²) in [6.45, 7) is 3.56. The largest absolute Gasteiger partial charge is 0.497 e. The minimum absolute atomic E-state index is 0.0621. The van der Waals surface area contributed by atoms with Crippen LogP contribution in [0.3, 0.4) is 0 Å². The average molecular weight is 744 g/mol. The van der Waals surface area contributed by atoms with Gasteiger partial charge in [-0.2, -0.15) is 0 Å². The summed E-state index contributed by atoms with van der Waals surface area (Å²) in [5, 5.41) is 18.9. The monoisotopic (exact) mass is 743 g/mol. The Morgan fingerprint density at radius 3 is 2.26 bits per heavy atom. The maximum absolute atomic E-state index is 15.3. The highest BCUT2D eigenvalue weighted by Gasteiger charge is 2.26. The molecule has 3 aromatic carbocycles. The van der Waals surface area contributed by atoms with Crippen molar-refractivity contribution in [1.29, 1.82) is 0 Å². The van der Waals surface area contributed by atoms with Gasteiger partial charge in [-0.3, -0.25) is 28.9 Å². The van der Waals surface area contributed by atoms with E-state index in [1.54, 1.807) is 99.4 Å². The third-order valence-corrected chi connectivity index (χ3v) is 7.52. The number of ether oxygens (including phenoxy) is 3. The first kappa shape index (κ1) is 40.0. The maximum atomic E-state index is 15.3. The zero-order valence-electron chi connectivity index (χ0n) is 30.0. The van der Waals surface area contributed by atoms with Crippen LogP contribution < -0.4 is 20.3 Å². The number of amides is 1. The van der Waals surface area contributed by atoms with E-state index >= 15 is 4.39 Å². The molecule has 0 aliphatic rings. The van der Waals surface area contributed by atoms with Crippen LogP contribution in [-0.4, -0.2) is 87.1 Å². The Kier molecular flexibility index (Phi) is 13.4. The Bertz CT molecular complexity index is 2230. The quantitative estimate of drug-likeness (QED) is 0.109. The van der Waals surface area contributed by atoms with Crippen LogP contribution in [0, 0.1) is 12.7 Å². The molecule has 0 radical (unpaired) electrons. The fraction of sp³-hybridized carbons (Fsp3) is 0.211. The number of aromatic nitrogens is 3. The Labute approximate surface area is 308 Å². The summed E-state index contributed by atoms with van der Waals surface area (Å²) in [6, 6.07) is 19.7. The van der Waals surface area contributed by atoms with Gasteiger partial charge in [0.1, 0.15) is 23.2 Å². The number of carboxylic acid groups (broad SMARTS) is 2. The number of para-hydroxylation sites is 1. The Morgan fingerprint density at radius 2 is 1.65 bits per heavy atom. The Balaban J connectivity index is 0.000000730. The molecule has 1 unspecified atom stereocenters. The third-order valence-electron chi connectivity index (χ3n) is 7.52. The van der Waals surface area contributed by atoms with Crippen molar-refractivity contribution < 1.29 is 48.0 Å². The SMILES string of the molecule is COc1ccc2c(Oc3ccc(NC(=O)c4c(C)n(CC(C)OC(=O)CN(C)C)n(-c5ccccc5)c4=O)cc3F)ccnc2c1.O=C(O)C=CC(=O)O. The summed E-state index contributed by atoms with van der Waals surface area (Å²) >= 11 is 0. The number of likely N-dealkylation sites (N-methyl/N-ethyl adjacent to an activating group) is 1. The van der Waals surface area contributed by atoms with E-state index in [2.05, 4.69) is 10.3 Å². The van der Waals surface area contributed by atoms with Crippen LogP contribution >= 0.6 is 0 Å². The predicted octanol–water partition coefficient (Wildman–Crippen LogP) is 4.89. The molecule has 15 nitrogen and oxygen atoms in total. The van der Waals surface area contributed by atoms with Crippen LogP contribution in [0.4, 0.5) is 10.1 Å². The topological polar surface area (TPSA) is 192 Å². The van der Waals surface area contributed by atoms with Gasteiger partial charge in [0.15, 0.2) is 11.6 Å². The van der Waals surface area contributed by atoms with Crippen molar-refractivity contribution >= 4 is 40.4 Å². The first-order chi connectivity index (χ1) is 25.7. The number of aliphatic carboxylic acids is 2. The summed E-state index contributed by atoms with van der Waals surface area (Å²) in [5.74, 6) is -3.41. The number of hydrogen-bond donors (Lipinski definition) is 3. The number of nitrogens with one attached hydrogen (secondary N) is 1. The van der Waals surface area contributed by atoms with Crippen LogP contribution in [0.5, 0.6) is 17.2 Å². The molecule has 282 valence electrons. The molecule has 2 aromatic heterocycles. The molecule has 0 fully saturated rings. The van der Waals surface area contributed by atoms with Crippen molar-refractivity contribution in [3.8, 4) is 22.9 Å². The second-order valence-corrected chi connectivity index (χ2v) is 11.9. The van der Waals surface area contributed by atoms with E-state index in [0.717, 1.165) is 6.07 Å². The lowest BCUT2D eigenvalue weighted by Crippen LogP contribution is -2.31. The normalized spacial score (nSPS) is 11.5. The zero-order valence-corrected chi connectivity index (χ0v) is 30.0. The van der Waals surface area contributed by atoms with Crippen molar-refractivity contribution in [2.45, 2.75) is 26.5 Å². The van der Waals surface area contributed by atoms with Gasteiger partial charge in [-0.1, -0.05) is 18.2 Å². The molecule has 0 saturated carbocycles. The van der Waals surface area contributed by atoms with Crippen LogP contribution in [0.15, 0.2) is 95.9 Å². The van der Waals surface area contributed by atoms with Crippen LogP contribution in [0.1, 0.15) is 23.0 Å². The van der Waals surface area contributed by atoms with Gasteiger partial charge in [0.25, 0.3) is 11.5 Å². The zero-order chi connectivity index (χ0) is 39.5. The van der Waals surface area contributed by atoms with Gasteiger partial charge in [0, 0.05) is 41.6 Å². The molecule has 5 aromatic rings. The molecule has 16 heteroatoms. The molecule has 5 rings (SSSR count). The molecule has 0 aliphatic carbocycles. The van der Waals surface area contributed by atoms with E-state index < -0.39 is 41.3 Å². The van der Waals surface area contributed by atoms with Crippen LogP contribution in [0.2, 0.25) is 0 Å². The standard InChI is InChI=1S/C34H34FN5O6.C4H4O4/c1-21(45-31(41)20-38(3)4)19-39-22(2)32(34(43)40(39)24-9-7-6-8-10-24)33(42)37-23-11-14-30(27(35)17-23)46-29-15-16-36-28-18-25(44-5)12-13-26(28)29;5-3(6)1-2-4(7)8/h6-18,21H,19-20H2,1-5H3,(H,37,42);1-2H,(H,5,6)(H,7,8). The van der Waals surface area contributed by atoms with Gasteiger partial charge in [0.05, 0.1) is 37.1 Å². The van der Waals surface area contributed by atoms with E-state index in [1.807, 2.05) is 6.07 Å². The number of fused-ring (bicyclic) bond motifs is 1. The van der Waals surface area contributed by atoms with E-state index in [4.69, 9.17) is 24.4 Å². The minimum atomic E-state index is -1.26. The second-order valence-electron chi connectivity index (χ2n) is 11.9. The Hall–Kier alpha value is -6.81. The van der Waals surface area contributed by atoms with Crippen molar-refractivity contribution in [3.63, 3.8) is 0 Å². The summed E-state index contributed by atoms with van der Waals surface area (Å²) in [5.41, 5.74) is 0.915. The van der Waals surface area contributed by atoms with E-state index in [1.165, 1.54) is 16.8 Å². The molecule has 1 atom stereocenters. The summed E-state index contributed by atoms with van der Waals surface area (Å²) < 4.78 is 34.9. The smallest absolute Gasteiger partial charge is 0.328 e. The fourth-order valence-electron chi connectivity index (χ4n) is 5.19. The molecule has 54 heavy (non-hydrogen) atoms. The molecule has 3 N–H and O–H groups in total. The van der Waals surface area contributed by atoms with Gasteiger partial charge in [-0.25, -0.2) is 18.7 Å². The number of esters is 1. The highest BCUT2D eigenvalue weighted by Crippen LogP contribution is 2.33. The van der Waals surface area contributed by atoms with Gasteiger partial charge in [0.2, 0.25) is 0 Å². The predicted molar refractivity (Wildman–Crippen MR) is 196 cm³/mol. The molecule has 1 amide bonds. The van der Waals surface area contributed by atoms with E-state index in [0.29, 0.717) is 45.9 Å². The highest BCUT2D eigenvalue weighted by molar-refractivity contribution is 6.05. The van der Waals surface area contributed by atoms with E-state index in [9.17, 15) is 24.0 Å². The molecule has 0 aliphatic heterocycles. The molecular weight excluding hydrogens is 705 g/mol. The van der Waals surface area contributed by atoms with E-state index in [-0.39, 0.29) is 30.1 Å². The average Bonchev–Trinajstić information content (AvgIpc) is 3.36. The minimum Gasteiger partial charge on any atom is -0.497 e. The Morgan fingerprint density at radius 1 is 0.963 bits per heavy atom. The second kappa shape index (κ2) is 18.1. The number of anilines is 1. The molecule has 2 heterocycles. The number of carbonyl (C=O) groups excluding carboxylic acids is 2. The lowest BCUT2D eigenvalue weighted by Gasteiger charge is -2.19. The number of halogens is 1. The number of nitrogens with zero attached hydrogens (tertiary/aromatic N) is 4. The van der Waals surface area contributed by atoms with Gasteiger partial charge in [-0.15, -0.1) is 0 Å². The first-order valence-electron chi connectivity index (χ1n) is 16.3. The number of rotatable bonds is 13. The summed E-state index contributed by atoms with van der Waals surface area (Å²) in [4.78, 5) is 64.6. The fourth-order valence-corrected chi connectivity index (χ4v) is 5.19. The molecule has 0 spiro atoms. The molecule has 0 bridgehead atoms. The number of methoxy groups -OCH3 is 1. The van der Waals surface area contributed by atoms with Crippen molar-refractivity contribution in [3.05, 3.63) is 119 Å². The maximum Gasteiger partial charge on any atom is 0.328 e. The number of hydrogen-bond acceptors (Lipinski definition) is 10. The van der Waals surface area contributed by atoms with Gasteiger partial charge in [-0.05, 0) is 70.4 Å². The number of carboxylic acids is 2. The number of pyridine rings is 1. The highest BCUT2D eigenvalue weighted by atomic mass is 19.1. The first-order valence-corrected chi connectivity index (χ1v) is 16.3. The number of benzene rings is 3. The number of carbonyl (C=O) groups is 4. The van der Waals surface area contributed by atoms with Gasteiger partial charge >= 0.3 is 17.9 Å². The third kappa shape index (κ3) is 10.4. The van der Waals surface area contributed by atoms with Crippen molar-refractivity contribution in [2.24, 2.45) is 0 Å². The summed E-state index contributed by atoms with van der Waals surface area (Å²) in [6.07, 6.45) is 2.06. The summed E-state index contributed by atoms with van der Waals surface area (Å²) in [7, 11) is 5.07. The van der Waals surface area contributed by atoms with Crippen LogP contribution in [0.25, 0.3) is 16.6 Å². The van der Waals surface area contributed by atoms with Crippen molar-refractivity contribution in [2.75, 3.05) is 33.1 Å². The molecule has 0 saturated heterocycles. The van der Waals surface area contributed by atoms with Crippen LogP contribution in [-0.2, 0) is 25.7 Å². The van der Waals surface area contributed by atoms with Gasteiger partial charge < -0.3 is 29.7 Å². The lowest BCUT2D eigenvalue weighted by atomic mass is 10.2. The lowest BCUT2D eigenvalue weighted by molar-refractivity contribution is -0.149. The van der Waals surface area contributed by atoms with Crippen molar-refractivity contribution in [1.82, 2.24) is 19.2 Å².